The molecule has 0 heterocycles. The fourth-order valence-corrected chi connectivity index (χ4v) is 4.84. The molecule has 0 bridgehead atoms. The third-order valence-electron chi connectivity index (χ3n) is 6.01. The van der Waals surface area contributed by atoms with E-state index in [-0.39, 0.29) is 5.75 Å². The lowest BCUT2D eigenvalue weighted by Crippen LogP contribution is -2.11. The Bertz CT molecular complexity index is 1690. The molecule has 1 N–H and O–H groups in total. The van der Waals surface area contributed by atoms with Crippen molar-refractivity contribution in [3.8, 4) is 44.9 Å². The smallest absolute Gasteiger partial charge is 0.300 e. The van der Waals surface area contributed by atoms with E-state index in [1.165, 1.54) is 0 Å². The highest BCUT2D eigenvalue weighted by Gasteiger charge is 2.34. The minimum absolute atomic E-state index is 0.136. The van der Waals surface area contributed by atoms with Gasteiger partial charge in [0.25, 0.3) is 0 Å². The predicted octanol–water partition coefficient (Wildman–Crippen LogP) is 8.28. The molecule has 0 aliphatic rings. The van der Waals surface area contributed by atoms with E-state index < -0.39 is 44.0 Å². The van der Waals surface area contributed by atoms with Crippen molar-refractivity contribution in [3.05, 3.63) is 126 Å². The molecule has 0 radical (unpaired) electrons. The van der Waals surface area contributed by atoms with Gasteiger partial charge >= 0.3 is 10.1 Å². The summed E-state index contributed by atoms with van der Waals surface area (Å²) in [5.74, 6) is -10.5. The normalized spacial score (nSPS) is 11.4. The monoisotopic (exact) mass is 550 g/mol. The largest absolute Gasteiger partial charge is 0.450 e. The predicted molar refractivity (Wildman–Crippen MR) is 139 cm³/mol. The summed E-state index contributed by atoms with van der Waals surface area (Å²) in [5, 5.41) is 0. The van der Waals surface area contributed by atoms with Crippen LogP contribution in [-0.2, 0) is 10.1 Å². The number of rotatable bonds is 6. The molecule has 39 heavy (non-hydrogen) atoms. The van der Waals surface area contributed by atoms with E-state index in [2.05, 4.69) is 0 Å². The molecule has 0 aliphatic carbocycles. The number of hydrogen-bond acceptors (Lipinski definition) is 3. The average molecular weight is 551 g/mol. The van der Waals surface area contributed by atoms with Crippen molar-refractivity contribution in [3.63, 3.8) is 0 Å². The molecule has 0 atom stereocenters. The second kappa shape index (κ2) is 10.4. The van der Waals surface area contributed by atoms with Crippen molar-refractivity contribution in [2.24, 2.45) is 0 Å². The van der Waals surface area contributed by atoms with E-state index in [1.807, 2.05) is 30.3 Å². The maximum Gasteiger partial charge on any atom is 0.300 e. The van der Waals surface area contributed by atoms with Gasteiger partial charge in [0.1, 0.15) is 5.75 Å². The highest BCUT2D eigenvalue weighted by Crippen LogP contribution is 2.46. The third kappa shape index (κ3) is 5.01. The van der Waals surface area contributed by atoms with Gasteiger partial charge in [-0.15, -0.1) is 0 Å². The first-order valence-electron chi connectivity index (χ1n) is 11.5. The van der Waals surface area contributed by atoms with E-state index >= 15 is 8.78 Å². The molecular weight excluding hydrogens is 532 g/mol. The second-order valence-corrected chi connectivity index (χ2v) is 9.85. The van der Waals surface area contributed by atoms with E-state index in [0.717, 1.165) is 11.1 Å². The molecule has 196 valence electrons. The van der Waals surface area contributed by atoms with Crippen molar-refractivity contribution < 1.29 is 35.3 Å². The first kappa shape index (κ1) is 26.1. The van der Waals surface area contributed by atoms with Gasteiger partial charge in [0.2, 0.25) is 17.4 Å². The molecule has 0 fully saturated rings. The van der Waals surface area contributed by atoms with Crippen molar-refractivity contribution in [2.75, 3.05) is 0 Å². The molecule has 4 nitrogen and oxygen atoms in total. The Labute approximate surface area is 221 Å². The van der Waals surface area contributed by atoms with Crippen molar-refractivity contribution >= 4 is 10.1 Å². The quantitative estimate of drug-likeness (QED) is 0.131. The van der Waals surface area contributed by atoms with Crippen molar-refractivity contribution in [2.45, 2.75) is 4.90 Å². The van der Waals surface area contributed by atoms with E-state index in [9.17, 15) is 17.2 Å². The molecule has 9 heteroatoms. The van der Waals surface area contributed by atoms with E-state index in [4.69, 9.17) is 9.29 Å². The molecule has 0 aromatic heterocycles. The summed E-state index contributed by atoms with van der Waals surface area (Å²) in [6.07, 6.45) is 0. The first-order chi connectivity index (χ1) is 18.7. The topological polar surface area (TPSA) is 63.6 Å². The summed E-state index contributed by atoms with van der Waals surface area (Å²) >= 11 is 0. The van der Waals surface area contributed by atoms with Crippen LogP contribution in [0.1, 0.15) is 0 Å². The molecule has 0 saturated carbocycles. The number of halogens is 4. The summed E-state index contributed by atoms with van der Waals surface area (Å²) in [6.45, 7) is 0. The van der Waals surface area contributed by atoms with Crippen LogP contribution in [-0.4, -0.2) is 13.0 Å². The molecular formula is C30H18F4O4S. The Morgan fingerprint density at radius 3 is 1.28 bits per heavy atom. The second-order valence-electron chi connectivity index (χ2n) is 8.49. The lowest BCUT2D eigenvalue weighted by molar-refractivity contribution is 0.347. The van der Waals surface area contributed by atoms with Gasteiger partial charge in [-0.1, -0.05) is 91.0 Å². The maximum atomic E-state index is 15.0. The summed E-state index contributed by atoms with van der Waals surface area (Å²) in [4.78, 5) is -2.14. The van der Waals surface area contributed by atoms with Crippen LogP contribution in [0.25, 0.3) is 33.4 Å². The van der Waals surface area contributed by atoms with Gasteiger partial charge < -0.3 is 4.74 Å². The highest BCUT2D eigenvalue weighted by molar-refractivity contribution is 7.85. The van der Waals surface area contributed by atoms with Crippen LogP contribution in [0.3, 0.4) is 0 Å². The molecule has 0 aliphatic heterocycles. The maximum absolute atomic E-state index is 15.0. The van der Waals surface area contributed by atoms with Crippen molar-refractivity contribution in [1.29, 1.82) is 0 Å². The fourth-order valence-electron chi connectivity index (χ4n) is 4.21. The Kier molecular flexibility index (Phi) is 6.94. The van der Waals surface area contributed by atoms with Gasteiger partial charge in [-0.3, -0.25) is 4.55 Å². The van der Waals surface area contributed by atoms with Crippen LogP contribution in [0.2, 0.25) is 0 Å². The highest BCUT2D eigenvalue weighted by atomic mass is 32.2. The van der Waals surface area contributed by atoms with Gasteiger partial charge in [0.15, 0.2) is 16.5 Å². The van der Waals surface area contributed by atoms with Crippen LogP contribution in [0.5, 0.6) is 11.5 Å². The zero-order valence-electron chi connectivity index (χ0n) is 19.9. The van der Waals surface area contributed by atoms with Crippen LogP contribution in [0.4, 0.5) is 17.6 Å². The summed E-state index contributed by atoms with van der Waals surface area (Å²) in [7, 11) is -5.62. The van der Waals surface area contributed by atoms with Gasteiger partial charge in [-0.05, 0) is 34.4 Å². The molecule has 0 saturated heterocycles. The van der Waals surface area contributed by atoms with Gasteiger partial charge in [-0.2, -0.15) is 17.2 Å². The molecule has 5 aromatic rings. The number of benzene rings is 5. The third-order valence-corrected chi connectivity index (χ3v) is 6.88. The Balaban J connectivity index is 1.84. The molecule has 5 aromatic carbocycles. The lowest BCUT2D eigenvalue weighted by atomic mass is 9.92. The number of ether oxygens (including phenoxy) is 1. The summed E-state index contributed by atoms with van der Waals surface area (Å²) < 4.78 is 96.9. The van der Waals surface area contributed by atoms with Crippen LogP contribution in [0, 0.1) is 23.3 Å². The summed E-state index contributed by atoms with van der Waals surface area (Å²) in [5.41, 5.74) is 3.37. The van der Waals surface area contributed by atoms with Crippen LogP contribution in [0.15, 0.2) is 108 Å². The van der Waals surface area contributed by atoms with E-state index in [0.29, 0.717) is 22.3 Å². The Hall–Kier alpha value is -4.47. The SMILES string of the molecule is O=S(=O)(O)c1c(F)c(F)c(Oc2c(-c3ccccc3)cc(-c3ccccc3)cc2-c2ccccc2)c(F)c1F. The zero-order valence-corrected chi connectivity index (χ0v) is 20.7. The Morgan fingerprint density at radius 2 is 0.897 bits per heavy atom. The van der Waals surface area contributed by atoms with Crippen LogP contribution >= 0.6 is 0 Å². The average Bonchev–Trinajstić information content (AvgIpc) is 2.95. The van der Waals surface area contributed by atoms with Gasteiger partial charge in [-0.25, -0.2) is 8.78 Å². The van der Waals surface area contributed by atoms with Crippen molar-refractivity contribution in [1.82, 2.24) is 0 Å². The lowest BCUT2D eigenvalue weighted by Gasteiger charge is -2.20. The molecule has 5 rings (SSSR count). The molecule has 0 spiro atoms. The van der Waals surface area contributed by atoms with Crippen LogP contribution < -0.4 is 4.74 Å². The Morgan fingerprint density at radius 1 is 0.513 bits per heavy atom. The molecule has 0 unspecified atom stereocenters. The summed E-state index contributed by atoms with van der Waals surface area (Å²) in [6, 6.07) is 30.1. The molecule has 0 amide bonds. The minimum atomic E-state index is -5.62. The minimum Gasteiger partial charge on any atom is -0.450 e. The van der Waals surface area contributed by atoms with Gasteiger partial charge in [0, 0.05) is 11.1 Å². The van der Waals surface area contributed by atoms with Gasteiger partial charge in [0.05, 0.1) is 0 Å². The zero-order chi connectivity index (χ0) is 27.7. The fraction of sp³-hybridized carbons (Fsp3) is 0. The number of hydrogen-bond donors (Lipinski definition) is 1. The first-order valence-corrected chi connectivity index (χ1v) is 13.0. The standard InChI is InChI=1S/C30H18F4O4S/c31-24-26(33)30(39(35,36)37)27(34)25(32)29(24)38-28-22(19-12-6-2-7-13-19)16-21(18-10-4-1-5-11-18)17-23(28)20-14-8-3-9-15-20/h1-17H,(H,35,36,37). The van der Waals surface area contributed by atoms with E-state index in [1.54, 1.807) is 72.8 Å².